The summed E-state index contributed by atoms with van der Waals surface area (Å²) in [6.45, 7) is 16.1. The highest BCUT2D eigenvalue weighted by Gasteiger charge is 2.32. The Hall–Kier alpha value is -1.000. The molecule has 0 aromatic rings. The number of rotatable bonds is 4. The maximum atomic E-state index is 12.7. The minimum absolute atomic E-state index is 0.0541. The first-order valence-electron chi connectivity index (χ1n) is 8.91. The predicted molar refractivity (Wildman–Crippen MR) is 103 cm³/mol. The summed E-state index contributed by atoms with van der Waals surface area (Å²) in [5.41, 5.74) is 4.43. The Kier molecular flexibility index (Phi) is 6.38. The number of hydrogen-bond donors (Lipinski definition) is 0. The number of carbonyl (C=O) groups excluding carboxylic acids is 1. The summed E-state index contributed by atoms with van der Waals surface area (Å²) in [6, 6.07) is 0. The van der Waals surface area contributed by atoms with E-state index in [4.69, 9.17) is 4.74 Å². The third-order valence-electron chi connectivity index (χ3n) is 4.47. The molecule has 0 fully saturated rings. The first-order valence-corrected chi connectivity index (χ1v) is 9.73. The van der Waals surface area contributed by atoms with E-state index in [0.29, 0.717) is 6.61 Å². The van der Waals surface area contributed by atoms with E-state index in [1.807, 2.05) is 0 Å². The van der Waals surface area contributed by atoms with Gasteiger partial charge in [-0.1, -0.05) is 58.5 Å². The number of carbonyl (C=O) groups is 1. The molecule has 0 aromatic heterocycles. The van der Waals surface area contributed by atoms with Crippen molar-refractivity contribution in [2.45, 2.75) is 71.3 Å². The van der Waals surface area contributed by atoms with Crippen molar-refractivity contribution in [1.29, 1.82) is 0 Å². The number of fused-ring (bicyclic) bond motifs is 1. The van der Waals surface area contributed by atoms with Crippen molar-refractivity contribution in [2.75, 3.05) is 13.2 Å². The van der Waals surface area contributed by atoms with E-state index >= 15 is 0 Å². The molecule has 0 saturated carbocycles. The lowest BCUT2D eigenvalue weighted by molar-refractivity contribution is -0.109. The number of hydrogen-bond acceptors (Lipinski definition) is 4. The van der Waals surface area contributed by atoms with Crippen LogP contribution in [0.3, 0.4) is 0 Å². The Morgan fingerprint density at radius 3 is 2.79 bits per heavy atom. The average Bonchev–Trinajstić information content (AvgIpc) is 2.69. The molecule has 2 aliphatic rings. The van der Waals surface area contributed by atoms with Gasteiger partial charge >= 0.3 is 0 Å². The Balaban J connectivity index is 2.17. The molecule has 1 unspecified atom stereocenters. The number of nitrogens with zero attached hydrogens (tertiary/aromatic N) is 1. The maximum Gasteiger partial charge on any atom is 0.217 e. The molecule has 2 heterocycles. The van der Waals surface area contributed by atoms with Crippen LogP contribution < -0.4 is 0 Å². The zero-order valence-electron chi connectivity index (χ0n) is 15.8. The predicted octanol–water partition coefficient (Wildman–Crippen LogP) is 5.05. The molecule has 0 spiro atoms. The standard InChI is InChI=1S/C20H31NO2S/c1-7-8-14(2)16-11-12-21-15(3)17(9-10-18(21)23-13-16)19(22)24-20(4,5)6/h11,18H,2,7-10,12-13H2,1,3-6H3. The van der Waals surface area contributed by atoms with E-state index in [0.717, 1.165) is 43.5 Å². The minimum atomic E-state index is -0.0541. The zero-order valence-corrected chi connectivity index (χ0v) is 16.6. The first-order chi connectivity index (χ1) is 11.2. The van der Waals surface area contributed by atoms with Crippen LogP contribution in [0.5, 0.6) is 0 Å². The molecule has 0 aliphatic carbocycles. The van der Waals surface area contributed by atoms with E-state index in [2.05, 4.69) is 52.2 Å². The van der Waals surface area contributed by atoms with Crippen LogP contribution >= 0.6 is 11.8 Å². The molecular formula is C20H31NO2S. The Morgan fingerprint density at radius 2 is 2.17 bits per heavy atom. The molecule has 2 aliphatic heterocycles. The van der Waals surface area contributed by atoms with Crippen LogP contribution in [-0.4, -0.2) is 34.1 Å². The van der Waals surface area contributed by atoms with Crippen LogP contribution in [0.1, 0.15) is 60.3 Å². The third-order valence-corrected chi connectivity index (χ3v) is 5.52. The average molecular weight is 350 g/mol. The van der Waals surface area contributed by atoms with E-state index in [9.17, 15) is 4.79 Å². The zero-order chi connectivity index (χ0) is 17.9. The van der Waals surface area contributed by atoms with Crippen LogP contribution in [0.15, 0.2) is 35.1 Å². The second-order valence-electron chi connectivity index (χ2n) is 7.61. The number of allylic oxidation sites excluding steroid dienone is 1. The van der Waals surface area contributed by atoms with Crippen molar-refractivity contribution in [3.8, 4) is 0 Å². The van der Waals surface area contributed by atoms with Crippen LogP contribution in [0.25, 0.3) is 0 Å². The summed E-state index contributed by atoms with van der Waals surface area (Å²) < 4.78 is 6.08. The van der Waals surface area contributed by atoms with Crippen molar-refractivity contribution in [2.24, 2.45) is 0 Å². The maximum absolute atomic E-state index is 12.7. The van der Waals surface area contributed by atoms with Gasteiger partial charge in [-0.2, -0.15) is 0 Å². The van der Waals surface area contributed by atoms with Crippen molar-refractivity contribution < 1.29 is 9.53 Å². The fraction of sp³-hybridized carbons (Fsp3) is 0.650. The van der Waals surface area contributed by atoms with Gasteiger partial charge in [-0.25, -0.2) is 0 Å². The lowest BCUT2D eigenvalue weighted by atomic mass is 10.0. The van der Waals surface area contributed by atoms with E-state index in [-0.39, 0.29) is 16.1 Å². The molecule has 0 radical (unpaired) electrons. The fourth-order valence-electron chi connectivity index (χ4n) is 3.17. The van der Waals surface area contributed by atoms with Gasteiger partial charge in [0.15, 0.2) is 0 Å². The van der Waals surface area contributed by atoms with Gasteiger partial charge in [-0.05, 0) is 37.3 Å². The lowest BCUT2D eigenvalue weighted by Crippen LogP contribution is -2.39. The van der Waals surface area contributed by atoms with Crippen molar-refractivity contribution in [3.05, 3.63) is 35.1 Å². The Labute approximate surface area is 151 Å². The van der Waals surface area contributed by atoms with Crippen LogP contribution in [0.4, 0.5) is 0 Å². The van der Waals surface area contributed by atoms with E-state index in [1.54, 1.807) is 0 Å². The van der Waals surface area contributed by atoms with Crippen molar-refractivity contribution in [3.63, 3.8) is 0 Å². The van der Waals surface area contributed by atoms with E-state index in [1.165, 1.54) is 22.9 Å². The fourth-order valence-corrected chi connectivity index (χ4v) is 4.10. The van der Waals surface area contributed by atoms with Gasteiger partial charge in [0, 0.05) is 22.6 Å². The lowest BCUT2D eigenvalue weighted by Gasteiger charge is -2.37. The second-order valence-corrected chi connectivity index (χ2v) is 9.41. The Bertz CT molecular complexity index is 569. The van der Waals surface area contributed by atoms with Gasteiger partial charge in [-0.3, -0.25) is 4.79 Å². The number of ether oxygens (including phenoxy) is 1. The second kappa shape index (κ2) is 7.92. The summed E-state index contributed by atoms with van der Waals surface area (Å²) in [5.74, 6) is 0. The highest BCUT2D eigenvalue weighted by atomic mass is 32.2. The molecule has 0 aromatic carbocycles. The molecule has 0 saturated heterocycles. The normalized spacial score (nSPS) is 22.0. The van der Waals surface area contributed by atoms with Gasteiger partial charge in [0.05, 0.1) is 6.61 Å². The monoisotopic (exact) mass is 349 g/mol. The number of thioether (sulfide) groups is 1. The minimum Gasteiger partial charge on any atom is -0.354 e. The first kappa shape index (κ1) is 19.3. The molecule has 0 N–H and O–H groups in total. The molecular weight excluding hydrogens is 318 g/mol. The summed E-state index contributed by atoms with van der Waals surface area (Å²) in [7, 11) is 0. The molecule has 134 valence electrons. The SMILES string of the molecule is C=C(CCC)C1=CCN2C(C)=C(C(=O)SC(C)(C)C)CCC2OC1. The van der Waals surface area contributed by atoms with Crippen LogP contribution in [0.2, 0.25) is 0 Å². The summed E-state index contributed by atoms with van der Waals surface area (Å²) in [4.78, 5) is 14.9. The third kappa shape index (κ3) is 4.76. The summed E-state index contributed by atoms with van der Waals surface area (Å²) >= 11 is 1.43. The summed E-state index contributed by atoms with van der Waals surface area (Å²) in [6.07, 6.45) is 6.10. The smallest absolute Gasteiger partial charge is 0.217 e. The molecule has 1 atom stereocenters. The van der Waals surface area contributed by atoms with Crippen molar-refractivity contribution in [1.82, 2.24) is 4.90 Å². The van der Waals surface area contributed by atoms with Gasteiger partial charge < -0.3 is 9.64 Å². The molecule has 2 rings (SSSR count). The highest BCUT2D eigenvalue weighted by molar-refractivity contribution is 8.15. The molecule has 0 amide bonds. The van der Waals surface area contributed by atoms with Crippen LogP contribution in [0, 0.1) is 0 Å². The highest BCUT2D eigenvalue weighted by Crippen LogP contribution is 2.35. The largest absolute Gasteiger partial charge is 0.354 e. The molecule has 3 nitrogen and oxygen atoms in total. The molecule has 24 heavy (non-hydrogen) atoms. The molecule has 0 bridgehead atoms. The topological polar surface area (TPSA) is 29.5 Å². The Morgan fingerprint density at radius 1 is 1.46 bits per heavy atom. The van der Waals surface area contributed by atoms with Gasteiger partial charge in [-0.15, -0.1) is 0 Å². The summed E-state index contributed by atoms with van der Waals surface area (Å²) in [5, 5.41) is 0.210. The van der Waals surface area contributed by atoms with Crippen LogP contribution in [-0.2, 0) is 9.53 Å². The van der Waals surface area contributed by atoms with Gasteiger partial charge in [0.1, 0.15) is 6.23 Å². The molecule has 4 heteroatoms. The van der Waals surface area contributed by atoms with E-state index < -0.39 is 0 Å². The van der Waals surface area contributed by atoms with Gasteiger partial charge in [0.2, 0.25) is 5.12 Å². The van der Waals surface area contributed by atoms with Gasteiger partial charge in [0.25, 0.3) is 0 Å². The quantitative estimate of drug-likeness (QED) is 0.710. The van der Waals surface area contributed by atoms with Crippen molar-refractivity contribution >= 4 is 16.9 Å².